The third-order valence-electron chi connectivity index (χ3n) is 2.58. The van der Waals surface area contributed by atoms with Crippen LogP contribution < -0.4 is 10.5 Å². The van der Waals surface area contributed by atoms with E-state index in [9.17, 15) is 12.8 Å². The van der Waals surface area contributed by atoms with Gasteiger partial charge >= 0.3 is 0 Å². The van der Waals surface area contributed by atoms with Crippen LogP contribution in [0.4, 0.5) is 15.8 Å². The number of nitrogens with one attached hydrogen (secondary N) is 1. The topological polar surface area (TPSA) is 72.2 Å². The van der Waals surface area contributed by atoms with Gasteiger partial charge in [-0.15, -0.1) is 0 Å². The fraction of sp³-hybridized carbons (Fsp3) is 0. The van der Waals surface area contributed by atoms with Gasteiger partial charge < -0.3 is 5.73 Å². The van der Waals surface area contributed by atoms with E-state index in [0.29, 0.717) is 0 Å². The Balaban J connectivity index is 2.49. The average Bonchev–Trinajstić information content (AvgIpc) is 2.41. The highest BCUT2D eigenvalue weighted by atomic mass is 35.5. The molecule has 0 amide bonds. The molecule has 9 heteroatoms. The number of anilines is 2. The van der Waals surface area contributed by atoms with Crippen molar-refractivity contribution in [3.05, 3.63) is 51.2 Å². The normalized spacial score (nSPS) is 11.4. The van der Waals surface area contributed by atoms with Crippen LogP contribution in [0.5, 0.6) is 0 Å². The molecule has 0 aromatic heterocycles. The SMILES string of the molecule is Nc1c(Cl)ccc(S(=O)(=O)Nc2cccc(Cl)c2F)c1Cl. The first kappa shape index (κ1) is 16.2. The quantitative estimate of drug-likeness (QED) is 0.798. The highest BCUT2D eigenvalue weighted by Crippen LogP contribution is 2.34. The van der Waals surface area contributed by atoms with E-state index in [0.717, 1.165) is 0 Å². The van der Waals surface area contributed by atoms with Crippen molar-refractivity contribution < 1.29 is 12.8 Å². The molecule has 21 heavy (non-hydrogen) atoms. The maximum absolute atomic E-state index is 13.8. The van der Waals surface area contributed by atoms with Gasteiger partial charge in [0.1, 0.15) is 4.90 Å². The molecule has 0 fully saturated rings. The van der Waals surface area contributed by atoms with Gasteiger partial charge in [0.25, 0.3) is 10.0 Å². The molecule has 0 aliphatic rings. The summed E-state index contributed by atoms with van der Waals surface area (Å²) in [6, 6.07) is 6.38. The summed E-state index contributed by atoms with van der Waals surface area (Å²) in [5, 5.41) is -0.331. The predicted octanol–water partition coefficient (Wildman–Crippen LogP) is 4.17. The van der Waals surface area contributed by atoms with Crippen LogP contribution in [0.1, 0.15) is 0 Å². The van der Waals surface area contributed by atoms with Gasteiger partial charge in [-0.1, -0.05) is 40.9 Å². The van der Waals surface area contributed by atoms with E-state index in [2.05, 4.69) is 4.72 Å². The highest BCUT2D eigenvalue weighted by molar-refractivity contribution is 7.92. The molecule has 0 saturated carbocycles. The van der Waals surface area contributed by atoms with E-state index in [4.69, 9.17) is 40.5 Å². The summed E-state index contributed by atoms with van der Waals surface area (Å²) in [5.74, 6) is -0.888. The number of nitrogen functional groups attached to an aromatic ring is 1. The van der Waals surface area contributed by atoms with Crippen molar-refractivity contribution in [3.8, 4) is 0 Å². The zero-order chi connectivity index (χ0) is 15.8. The highest BCUT2D eigenvalue weighted by Gasteiger charge is 2.22. The van der Waals surface area contributed by atoms with E-state index >= 15 is 0 Å². The number of benzene rings is 2. The summed E-state index contributed by atoms with van der Waals surface area (Å²) in [5.41, 5.74) is 5.20. The van der Waals surface area contributed by atoms with Crippen LogP contribution in [0, 0.1) is 5.82 Å². The van der Waals surface area contributed by atoms with Gasteiger partial charge in [-0.25, -0.2) is 12.8 Å². The molecule has 0 aliphatic heterocycles. The Morgan fingerprint density at radius 3 is 2.38 bits per heavy atom. The molecule has 0 spiro atoms. The number of hydrogen-bond acceptors (Lipinski definition) is 3. The van der Waals surface area contributed by atoms with Gasteiger partial charge in [-0.05, 0) is 24.3 Å². The maximum Gasteiger partial charge on any atom is 0.263 e. The Kier molecular flexibility index (Phi) is 4.53. The summed E-state index contributed by atoms with van der Waals surface area (Å²) in [4.78, 5) is -0.314. The second kappa shape index (κ2) is 5.88. The fourth-order valence-electron chi connectivity index (χ4n) is 1.54. The summed E-state index contributed by atoms with van der Waals surface area (Å²) in [6.45, 7) is 0. The maximum atomic E-state index is 13.8. The minimum Gasteiger partial charge on any atom is -0.396 e. The molecule has 0 bridgehead atoms. The molecule has 2 aromatic rings. The van der Waals surface area contributed by atoms with Crippen molar-refractivity contribution in [1.29, 1.82) is 0 Å². The summed E-state index contributed by atoms with van der Waals surface area (Å²) in [6.07, 6.45) is 0. The van der Waals surface area contributed by atoms with Crippen molar-refractivity contribution in [2.75, 3.05) is 10.5 Å². The Morgan fingerprint density at radius 1 is 1.05 bits per heavy atom. The molecule has 0 aliphatic carbocycles. The lowest BCUT2D eigenvalue weighted by Gasteiger charge is -2.12. The van der Waals surface area contributed by atoms with Crippen LogP contribution in [0.3, 0.4) is 0 Å². The monoisotopic (exact) mass is 368 g/mol. The second-order valence-corrected chi connectivity index (χ2v) is 6.82. The van der Waals surface area contributed by atoms with Crippen LogP contribution in [-0.4, -0.2) is 8.42 Å². The lowest BCUT2D eigenvalue weighted by molar-refractivity contribution is 0.598. The molecule has 112 valence electrons. The van der Waals surface area contributed by atoms with Crippen LogP contribution in [0.25, 0.3) is 0 Å². The first-order valence-electron chi connectivity index (χ1n) is 5.44. The van der Waals surface area contributed by atoms with E-state index in [1.807, 2.05) is 0 Å². The number of rotatable bonds is 3. The fourth-order valence-corrected chi connectivity index (χ4v) is 3.54. The largest absolute Gasteiger partial charge is 0.396 e. The van der Waals surface area contributed by atoms with Gasteiger partial charge in [0.2, 0.25) is 0 Å². The van der Waals surface area contributed by atoms with Crippen molar-refractivity contribution in [1.82, 2.24) is 0 Å². The van der Waals surface area contributed by atoms with E-state index in [1.54, 1.807) is 0 Å². The number of hydrogen-bond donors (Lipinski definition) is 2. The van der Waals surface area contributed by atoms with Crippen LogP contribution in [0.2, 0.25) is 15.1 Å². The van der Waals surface area contributed by atoms with Crippen molar-refractivity contribution in [2.24, 2.45) is 0 Å². The standard InChI is InChI=1S/C12H8Cl3FN2O2S/c13-6-2-1-3-8(11(6)16)18-21(19,20)9-5-4-7(14)12(17)10(9)15/h1-5,18H,17H2. The average molecular weight is 370 g/mol. The van der Waals surface area contributed by atoms with Gasteiger partial charge in [-0.3, -0.25) is 4.72 Å². The second-order valence-electron chi connectivity index (χ2n) is 3.98. The van der Waals surface area contributed by atoms with Crippen LogP contribution in [-0.2, 0) is 10.0 Å². The smallest absolute Gasteiger partial charge is 0.263 e. The molecule has 0 radical (unpaired) electrons. The minimum atomic E-state index is -4.14. The summed E-state index contributed by atoms with van der Waals surface area (Å²) >= 11 is 17.2. The Bertz CT molecular complexity index is 812. The first-order chi connectivity index (χ1) is 9.74. The Hall–Kier alpha value is -1.21. The van der Waals surface area contributed by atoms with Crippen molar-refractivity contribution in [3.63, 3.8) is 0 Å². The third kappa shape index (κ3) is 3.18. The molecular weight excluding hydrogens is 362 g/mol. The van der Waals surface area contributed by atoms with Crippen molar-refractivity contribution in [2.45, 2.75) is 4.90 Å². The molecular formula is C12H8Cl3FN2O2S. The zero-order valence-corrected chi connectivity index (χ0v) is 13.3. The minimum absolute atomic E-state index is 0.0761. The van der Waals surface area contributed by atoms with Gasteiger partial charge in [-0.2, -0.15) is 0 Å². The number of halogens is 4. The Labute approximate surface area is 135 Å². The molecule has 0 unspecified atom stereocenters. The van der Waals surface area contributed by atoms with E-state index in [1.165, 1.54) is 30.3 Å². The lowest BCUT2D eigenvalue weighted by Crippen LogP contribution is -2.15. The molecule has 0 saturated heterocycles. The zero-order valence-electron chi connectivity index (χ0n) is 10.2. The first-order valence-corrected chi connectivity index (χ1v) is 8.06. The predicted molar refractivity (Wildman–Crippen MR) is 83.1 cm³/mol. The molecule has 0 atom stereocenters. The summed E-state index contributed by atoms with van der Waals surface area (Å²) in [7, 11) is -4.14. The molecule has 4 nitrogen and oxygen atoms in total. The molecule has 0 heterocycles. The molecule has 2 rings (SSSR count). The summed E-state index contributed by atoms with van der Waals surface area (Å²) < 4.78 is 40.3. The van der Waals surface area contributed by atoms with Gasteiger partial charge in [0, 0.05) is 0 Å². The van der Waals surface area contributed by atoms with E-state index in [-0.39, 0.29) is 31.3 Å². The van der Waals surface area contributed by atoms with Crippen molar-refractivity contribution >= 4 is 56.2 Å². The van der Waals surface area contributed by atoms with Gasteiger partial charge in [0.15, 0.2) is 5.82 Å². The van der Waals surface area contributed by atoms with E-state index < -0.39 is 15.8 Å². The van der Waals surface area contributed by atoms with Crippen LogP contribution in [0.15, 0.2) is 35.2 Å². The third-order valence-corrected chi connectivity index (χ3v) is 5.13. The number of nitrogens with two attached hydrogens (primary N) is 1. The number of sulfonamides is 1. The lowest BCUT2D eigenvalue weighted by atomic mass is 10.3. The Morgan fingerprint density at radius 2 is 1.71 bits per heavy atom. The molecule has 3 N–H and O–H groups in total. The van der Waals surface area contributed by atoms with Gasteiger partial charge in [0.05, 0.1) is 26.4 Å². The van der Waals surface area contributed by atoms with Crippen LogP contribution >= 0.6 is 34.8 Å². The molecule has 2 aromatic carbocycles.